The fraction of sp³-hybridized carbons (Fsp3) is 0. The van der Waals surface area contributed by atoms with Crippen LogP contribution < -0.4 is 21.0 Å². The summed E-state index contributed by atoms with van der Waals surface area (Å²) in [5.74, 6) is 1.80. The number of aromatic nitrogens is 7. The van der Waals surface area contributed by atoms with Crippen molar-refractivity contribution in [3.63, 3.8) is 0 Å². The molecule has 7 nitrogen and oxygen atoms in total. The number of hydrogen-bond donors (Lipinski definition) is 0. The maximum absolute atomic E-state index is 5.82. The molecule has 286 valence electrons. The van der Waals surface area contributed by atoms with E-state index in [0.29, 0.717) is 11.9 Å². The van der Waals surface area contributed by atoms with Gasteiger partial charge in [-0.2, -0.15) is 4.98 Å². The summed E-state index contributed by atoms with van der Waals surface area (Å²) in [6.45, 7) is 0. The van der Waals surface area contributed by atoms with Crippen molar-refractivity contribution < 1.29 is 0 Å². The Bertz CT molecular complexity index is 3750. The minimum atomic E-state index is -3.42. The molecule has 8 aromatic carbocycles. The van der Waals surface area contributed by atoms with Crippen LogP contribution in [0.2, 0.25) is 0 Å². The average Bonchev–Trinajstić information content (AvgIpc) is 4.07. The highest BCUT2D eigenvalue weighted by molar-refractivity contribution is 7.30. The summed E-state index contributed by atoms with van der Waals surface area (Å²) in [5.41, 5.74) is 6.71. The van der Waals surface area contributed by atoms with Gasteiger partial charge in [-0.3, -0.25) is 8.97 Å². The molecule has 0 bridgehead atoms. The summed E-state index contributed by atoms with van der Waals surface area (Å²) in [5, 5.41) is 8.38. The van der Waals surface area contributed by atoms with E-state index in [0.717, 1.165) is 55.1 Å². The molecule has 9 heteroatoms. The van der Waals surface area contributed by atoms with Crippen LogP contribution in [0.15, 0.2) is 200 Å². The Kier molecular flexibility index (Phi) is 7.36. The molecular weight excluding hydrogens is 783 g/mol. The molecule has 0 saturated heterocycles. The topological polar surface area (TPSA) is 65.8 Å². The SMILES string of the molecule is c1ccc([Si](c2ccccc2)(c2nc(-n3c4ccccc4c4ccccc43)nc(-n3c4ccccc4n4c5ccccc5nc34)n2)c2cccc3c2sc2ccccc23)cc1. The Labute approximate surface area is 354 Å². The molecule has 0 aliphatic rings. The standard InChI is InChI=1S/C52H33N7SSi/c1-3-18-34(19-4-1)61(35-20-5-2-6-21-35,47-33-17-25-39-38-24-9-16-32-46(38)60-48(39)47)51-55-49(57-41-27-11-7-22-36(41)37-23-8-12-28-42(37)57)54-50(56-51)59-45-31-15-14-30-44(45)58-43-29-13-10-26-40(43)53-52(58)59/h1-33H. The Morgan fingerprint density at radius 1 is 0.377 bits per heavy atom. The number of hydrogen-bond acceptors (Lipinski definition) is 5. The predicted molar refractivity (Wildman–Crippen MR) is 254 cm³/mol. The fourth-order valence-corrected chi connectivity index (χ4v) is 15.9. The third kappa shape index (κ3) is 4.84. The maximum atomic E-state index is 5.82. The first-order chi connectivity index (χ1) is 30.3. The monoisotopic (exact) mass is 815 g/mol. The Balaban J connectivity index is 1.25. The van der Waals surface area contributed by atoms with Crippen LogP contribution >= 0.6 is 11.3 Å². The maximum Gasteiger partial charge on any atom is 0.241 e. The van der Waals surface area contributed by atoms with Crippen LogP contribution in [0.5, 0.6) is 0 Å². The van der Waals surface area contributed by atoms with E-state index >= 15 is 0 Å². The lowest BCUT2D eigenvalue weighted by Crippen LogP contribution is -2.76. The van der Waals surface area contributed by atoms with Crippen molar-refractivity contribution in [3.8, 4) is 11.9 Å². The number of thiophene rings is 1. The van der Waals surface area contributed by atoms with Crippen molar-refractivity contribution in [1.29, 1.82) is 0 Å². The highest BCUT2D eigenvalue weighted by atomic mass is 32.1. The van der Waals surface area contributed by atoms with Crippen LogP contribution in [0.1, 0.15) is 0 Å². The van der Waals surface area contributed by atoms with Crippen molar-refractivity contribution in [2.75, 3.05) is 0 Å². The van der Waals surface area contributed by atoms with Gasteiger partial charge in [0.25, 0.3) is 0 Å². The molecule has 13 aromatic rings. The molecule has 0 atom stereocenters. The lowest BCUT2D eigenvalue weighted by Gasteiger charge is -2.32. The summed E-state index contributed by atoms with van der Waals surface area (Å²) in [6.07, 6.45) is 0. The lowest BCUT2D eigenvalue weighted by atomic mass is 10.1. The third-order valence-corrected chi connectivity index (χ3v) is 18.2. The minimum absolute atomic E-state index is 0.510. The fourth-order valence-electron chi connectivity index (χ4n) is 9.68. The summed E-state index contributed by atoms with van der Waals surface area (Å²) < 4.78 is 9.08. The van der Waals surface area contributed by atoms with Crippen molar-refractivity contribution >= 4 is 110 Å². The number of fused-ring (bicyclic) bond motifs is 11. The second kappa shape index (κ2) is 13.1. The second-order valence-corrected chi connectivity index (χ2v) is 20.1. The Morgan fingerprint density at radius 3 is 1.59 bits per heavy atom. The van der Waals surface area contributed by atoms with E-state index in [-0.39, 0.29) is 0 Å². The van der Waals surface area contributed by atoms with Gasteiger partial charge < -0.3 is 0 Å². The first-order valence-electron chi connectivity index (χ1n) is 20.4. The average molecular weight is 816 g/mol. The normalized spacial score (nSPS) is 12.3. The van der Waals surface area contributed by atoms with Crippen molar-refractivity contribution in [1.82, 2.24) is 33.5 Å². The van der Waals surface area contributed by atoms with E-state index in [9.17, 15) is 0 Å². The van der Waals surface area contributed by atoms with Gasteiger partial charge in [-0.1, -0.05) is 158 Å². The van der Waals surface area contributed by atoms with Crippen LogP contribution in [0.4, 0.5) is 0 Å². The minimum Gasteiger partial charge on any atom is -0.278 e. The van der Waals surface area contributed by atoms with Gasteiger partial charge in [0.1, 0.15) is 5.45 Å². The first-order valence-corrected chi connectivity index (χ1v) is 23.2. The number of benzene rings is 8. The molecule has 0 fully saturated rings. The zero-order chi connectivity index (χ0) is 40.1. The van der Waals surface area contributed by atoms with Crippen LogP contribution in [-0.2, 0) is 0 Å². The molecule has 0 amide bonds. The molecule has 5 heterocycles. The van der Waals surface area contributed by atoms with Crippen molar-refractivity contribution in [2.45, 2.75) is 0 Å². The quantitative estimate of drug-likeness (QED) is 0.124. The number of para-hydroxylation sites is 6. The number of nitrogens with zero attached hydrogens (tertiary/aromatic N) is 7. The van der Waals surface area contributed by atoms with Gasteiger partial charge in [-0.15, -0.1) is 11.3 Å². The molecule has 0 spiro atoms. The zero-order valence-corrected chi connectivity index (χ0v) is 34.4. The van der Waals surface area contributed by atoms with E-state index in [1.165, 1.54) is 35.7 Å². The molecule has 0 saturated carbocycles. The smallest absolute Gasteiger partial charge is 0.241 e. The zero-order valence-electron chi connectivity index (χ0n) is 32.6. The number of rotatable bonds is 6. The molecule has 5 aromatic heterocycles. The van der Waals surface area contributed by atoms with Crippen LogP contribution in [-0.4, -0.2) is 41.5 Å². The largest absolute Gasteiger partial charge is 0.278 e. The van der Waals surface area contributed by atoms with Crippen LogP contribution in [0.25, 0.3) is 81.7 Å². The molecule has 61 heavy (non-hydrogen) atoms. The molecular formula is C52H33N7SSi. The van der Waals surface area contributed by atoms with Gasteiger partial charge in [0, 0.05) is 30.9 Å². The molecule has 0 unspecified atom stereocenters. The molecule has 13 rings (SSSR count). The van der Waals surface area contributed by atoms with E-state index < -0.39 is 8.07 Å². The molecule has 0 N–H and O–H groups in total. The lowest BCUT2D eigenvalue weighted by molar-refractivity contribution is 0.895. The van der Waals surface area contributed by atoms with Gasteiger partial charge in [-0.25, -0.2) is 19.5 Å². The summed E-state index contributed by atoms with van der Waals surface area (Å²) in [7, 11) is -3.42. The second-order valence-electron chi connectivity index (χ2n) is 15.5. The van der Waals surface area contributed by atoms with Crippen LogP contribution in [0.3, 0.4) is 0 Å². The van der Waals surface area contributed by atoms with Gasteiger partial charge >= 0.3 is 0 Å². The molecule has 0 radical (unpaired) electrons. The van der Waals surface area contributed by atoms with Crippen LogP contribution in [0, 0.1) is 0 Å². The van der Waals surface area contributed by atoms with Crippen molar-refractivity contribution in [2.24, 2.45) is 0 Å². The summed E-state index contributed by atoms with van der Waals surface area (Å²) in [6, 6.07) is 71.3. The molecule has 0 aliphatic carbocycles. The number of imidazole rings is 2. The highest BCUT2D eigenvalue weighted by Crippen LogP contribution is 2.35. The van der Waals surface area contributed by atoms with E-state index in [1.54, 1.807) is 0 Å². The molecule has 0 aliphatic heterocycles. The third-order valence-electron chi connectivity index (χ3n) is 12.3. The summed E-state index contributed by atoms with van der Waals surface area (Å²) in [4.78, 5) is 22.5. The Hall–Kier alpha value is -7.72. The van der Waals surface area contributed by atoms with Gasteiger partial charge in [-0.05, 0) is 58.0 Å². The first kappa shape index (κ1) is 34.2. The predicted octanol–water partition coefficient (Wildman–Crippen LogP) is 9.46. The van der Waals surface area contributed by atoms with E-state index in [4.69, 9.17) is 19.9 Å². The Morgan fingerprint density at radius 2 is 0.902 bits per heavy atom. The van der Waals surface area contributed by atoms with E-state index in [1.807, 2.05) is 17.4 Å². The van der Waals surface area contributed by atoms with Gasteiger partial charge in [0.05, 0.1) is 33.1 Å². The van der Waals surface area contributed by atoms with Gasteiger partial charge in [0.15, 0.2) is 0 Å². The van der Waals surface area contributed by atoms with E-state index in [2.05, 4.69) is 208 Å². The van der Waals surface area contributed by atoms with Gasteiger partial charge in [0.2, 0.25) is 25.7 Å². The summed E-state index contributed by atoms with van der Waals surface area (Å²) >= 11 is 1.85. The van der Waals surface area contributed by atoms with Crippen molar-refractivity contribution in [3.05, 3.63) is 200 Å². The highest BCUT2D eigenvalue weighted by Gasteiger charge is 2.47.